The van der Waals surface area contributed by atoms with E-state index in [1.165, 1.54) is 18.9 Å². The monoisotopic (exact) mass is 250 g/mol. The number of hydrogen-bond acceptors (Lipinski definition) is 3. The Morgan fingerprint density at radius 3 is 2.76 bits per heavy atom. The van der Waals surface area contributed by atoms with Crippen molar-refractivity contribution >= 4 is 17.7 Å². The van der Waals surface area contributed by atoms with E-state index in [1.807, 2.05) is 18.2 Å². The van der Waals surface area contributed by atoms with Gasteiger partial charge in [0.15, 0.2) is 0 Å². The van der Waals surface area contributed by atoms with Gasteiger partial charge in [-0.25, -0.2) is 9.79 Å². The van der Waals surface area contributed by atoms with Gasteiger partial charge < -0.3 is 0 Å². The quantitative estimate of drug-likeness (QED) is 0.608. The average Bonchev–Trinajstić information content (AvgIpc) is 2.82. The summed E-state index contributed by atoms with van der Waals surface area (Å²) in [6.45, 7) is 3.59. The Balaban J connectivity index is 2.05. The molecule has 17 heavy (non-hydrogen) atoms. The summed E-state index contributed by atoms with van der Waals surface area (Å²) in [6, 6.07) is 5.88. The molecule has 2 rings (SSSR count). The number of rotatable bonds is 4. The predicted octanol–water partition coefficient (Wildman–Crippen LogP) is 2.77. The van der Waals surface area contributed by atoms with Crippen LogP contribution in [0, 0.1) is 0 Å². The summed E-state index contributed by atoms with van der Waals surface area (Å²) in [7, 11) is 0. The number of hydrogen-bond donors (Lipinski definition) is 0. The summed E-state index contributed by atoms with van der Waals surface area (Å²) < 4.78 is 0. The fourth-order valence-electron chi connectivity index (χ4n) is 2.12. The molecule has 0 saturated carbocycles. The molecule has 1 aromatic carbocycles. The lowest BCUT2D eigenvalue weighted by Crippen LogP contribution is -2.18. The average molecular weight is 251 g/mol. The molecule has 1 aromatic rings. The Hall–Kier alpha value is -1.15. The number of carbonyl (C=O) groups excluding carboxylic acids is 1. The Labute approximate surface area is 106 Å². The maximum absolute atomic E-state index is 10.0. The second kappa shape index (κ2) is 5.97. The largest absolute Gasteiger partial charge is 0.299 e. The molecule has 90 valence electrons. The first-order chi connectivity index (χ1) is 8.29. The van der Waals surface area contributed by atoms with E-state index in [4.69, 9.17) is 11.6 Å². The first-order valence-corrected chi connectivity index (χ1v) is 6.20. The number of halogens is 1. The van der Waals surface area contributed by atoms with Crippen LogP contribution in [0.25, 0.3) is 0 Å². The van der Waals surface area contributed by atoms with Gasteiger partial charge in [0.25, 0.3) is 0 Å². The lowest BCUT2D eigenvalue weighted by molar-refractivity contribution is 0.331. The zero-order valence-electron chi connectivity index (χ0n) is 9.66. The lowest BCUT2D eigenvalue weighted by Gasteiger charge is -2.15. The van der Waals surface area contributed by atoms with Gasteiger partial charge in [-0.05, 0) is 43.1 Å². The third kappa shape index (κ3) is 3.40. The van der Waals surface area contributed by atoms with Crippen molar-refractivity contribution in [3.63, 3.8) is 0 Å². The number of likely N-dealkylation sites (tertiary alicyclic amines) is 1. The van der Waals surface area contributed by atoms with Gasteiger partial charge in [0.1, 0.15) is 0 Å². The van der Waals surface area contributed by atoms with E-state index >= 15 is 0 Å². The van der Waals surface area contributed by atoms with Crippen LogP contribution >= 0.6 is 11.6 Å². The molecule has 0 spiro atoms. The van der Waals surface area contributed by atoms with Crippen molar-refractivity contribution in [1.29, 1.82) is 0 Å². The standard InChI is InChI=1S/C13H15ClN2O/c14-13-7-11(8-15-10-17)3-4-12(13)9-16-5-1-2-6-16/h3-4,7H,1-2,5-6,8-9H2. The Bertz CT molecular complexity index is 435. The molecule has 3 nitrogen and oxygen atoms in total. The normalized spacial score (nSPS) is 15.8. The van der Waals surface area contributed by atoms with Crippen LogP contribution in [0.4, 0.5) is 0 Å². The first-order valence-electron chi connectivity index (χ1n) is 5.83. The van der Waals surface area contributed by atoms with Crippen LogP contribution < -0.4 is 0 Å². The molecule has 0 aromatic heterocycles. The van der Waals surface area contributed by atoms with Crippen LogP contribution in [-0.4, -0.2) is 24.1 Å². The van der Waals surface area contributed by atoms with E-state index < -0.39 is 0 Å². The Kier molecular flexibility index (Phi) is 4.32. The predicted molar refractivity (Wildman–Crippen MR) is 67.8 cm³/mol. The van der Waals surface area contributed by atoms with Gasteiger partial charge in [0.2, 0.25) is 6.08 Å². The topological polar surface area (TPSA) is 32.7 Å². The summed E-state index contributed by atoms with van der Waals surface area (Å²) in [5, 5.41) is 0.760. The summed E-state index contributed by atoms with van der Waals surface area (Å²) in [6.07, 6.45) is 4.10. The van der Waals surface area contributed by atoms with Crippen LogP contribution in [0.3, 0.4) is 0 Å². The fourth-order valence-corrected chi connectivity index (χ4v) is 2.39. The summed E-state index contributed by atoms with van der Waals surface area (Å²) >= 11 is 6.22. The van der Waals surface area contributed by atoms with Crippen molar-refractivity contribution < 1.29 is 4.79 Å². The van der Waals surface area contributed by atoms with Gasteiger partial charge in [0.05, 0.1) is 6.54 Å². The van der Waals surface area contributed by atoms with Crippen molar-refractivity contribution in [1.82, 2.24) is 4.90 Å². The summed E-state index contributed by atoms with van der Waals surface area (Å²) in [5.74, 6) is 0. The molecule has 0 bridgehead atoms. The molecule has 4 heteroatoms. The molecule has 1 heterocycles. The number of aliphatic imine (C=N–C) groups is 1. The van der Waals surface area contributed by atoms with Crippen molar-refractivity contribution in [3.05, 3.63) is 34.3 Å². The number of benzene rings is 1. The summed E-state index contributed by atoms with van der Waals surface area (Å²) in [4.78, 5) is 16.0. The van der Waals surface area contributed by atoms with E-state index in [9.17, 15) is 4.79 Å². The first kappa shape index (κ1) is 12.3. The SMILES string of the molecule is O=C=NCc1ccc(CN2CCCC2)c(Cl)c1. The molecule has 1 fully saturated rings. The van der Waals surface area contributed by atoms with Crippen molar-refractivity contribution in [2.24, 2.45) is 4.99 Å². The zero-order chi connectivity index (χ0) is 12.1. The van der Waals surface area contributed by atoms with E-state index in [0.29, 0.717) is 6.54 Å². The Morgan fingerprint density at radius 1 is 1.35 bits per heavy atom. The van der Waals surface area contributed by atoms with Gasteiger partial charge in [-0.2, -0.15) is 0 Å². The van der Waals surface area contributed by atoms with Crippen LogP contribution in [0.1, 0.15) is 24.0 Å². The van der Waals surface area contributed by atoms with Crippen LogP contribution in [0.5, 0.6) is 0 Å². The molecule has 0 aliphatic carbocycles. The maximum Gasteiger partial charge on any atom is 0.235 e. The maximum atomic E-state index is 10.0. The minimum Gasteiger partial charge on any atom is -0.299 e. The molecule has 0 unspecified atom stereocenters. The molecule has 1 aliphatic rings. The zero-order valence-corrected chi connectivity index (χ0v) is 10.4. The molecule has 0 atom stereocenters. The molecule has 0 N–H and O–H groups in total. The van der Waals surface area contributed by atoms with E-state index in [2.05, 4.69) is 9.89 Å². The van der Waals surface area contributed by atoms with Crippen LogP contribution in [-0.2, 0) is 17.9 Å². The minimum absolute atomic E-state index is 0.354. The number of isocyanates is 1. The second-order valence-electron chi connectivity index (χ2n) is 4.32. The molecular formula is C13H15ClN2O. The van der Waals surface area contributed by atoms with Crippen molar-refractivity contribution in [2.75, 3.05) is 13.1 Å². The molecular weight excluding hydrogens is 236 g/mol. The minimum atomic E-state index is 0.354. The van der Waals surface area contributed by atoms with Gasteiger partial charge in [-0.15, -0.1) is 0 Å². The fraction of sp³-hybridized carbons (Fsp3) is 0.462. The Morgan fingerprint density at radius 2 is 2.12 bits per heavy atom. The highest BCUT2D eigenvalue weighted by atomic mass is 35.5. The van der Waals surface area contributed by atoms with Crippen LogP contribution in [0.15, 0.2) is 23.2 Å². The highest BCUT2D eigenvalue weighted by molar-refractivity contribution is 6.31. The van der Waals surface area contributed by atoms with Crippen molar-refractivity contribution in [2.45, 2.75) is 25.9 Å². The third-order valence-corrected chi connectivity index (χ3v) is 3.39. The summed E-state index contributed by atoms with van der Waals surface area (Å²) in [5.41, 5.74) is 2.09. The van der Waals surface area contributed by atoms with E-state index in [0.717, 1.165) is 35.8 Å². The number of nitrogens with zero attached hydrogens (tertiary/aromatic N) is 2. The third-order valence-electron chi connectivity index (χ3n) is 3.04. The molecule has 0 amide bonds. The van der Waals surface area contributed by atoms with Crippen LogP contribution in [0.2, 0.25) is 5.02 Å². The van der Waals surface area contributed by atoms with Gasteiger partial charge >= 0.3 is 0 Å². The smallest absolute Gasteiger partial charge is 0.235 e. The van der Waals surface area contributed by atoms with E-state index in [1.54, 1.807) is 0 Å². The highest BCUT2D eigenvalue weighted by Crippen LogP contribution is 2.21. The second-order valence-corrected chi connectivity index (χ2v) is 4.72. The molecule has 1 saturated heterocycles. The van der Waals surface area contributed by atoms with E-state index in [-0.39, 0.29) is 0 Å². The van der Waals surface area contributed by atoms with Gasteiger partial charge in [0, 0.05) is 11.6 Å². The van der Waals surface area contributed by atoms with Crippen molar-refractivity contribution in [3.8, 4) is 0 Å². The lowest BCUT2D eigenvalue weighted by atomic mass is 10.1. The van der Waals surface area contributed by atoms with Gasteiger partial charge in [-0.3, -0.25) is 4.90 Å². The molecule has 1 aliphatic heterocycles. The van der Waals surface area contributed by atoms with Gasteiger partial charge in [-0.1, -0.05) is 23.7 Å². The highest BCUT2D eigenvalue weighted by Gasteiger charge is 2.13. The molecule has 0 radical (unpaired) electrons.